The number of sulfone groups is 1. The standard InChI is InChI=1S/C14H22O4S/c1-4-10-18-14(15)13(11(2)3)19(16,17)12-8-6-5-7-9-12/h1,11-13H,5-10H2,2-3H3/t13-/m1/s1. The third-order valence-corrected chi connectivity index (χ3v) is 6.35. The number of esters is 1. The van der Waals surface area contributed by atoms with Gasteiger partial charge in [-0.2, -0.15) is 0 Å². The first-order valence-corrected chi connectivity index (χ1v) is 8.35. The highest BCUT2D eigenvalue weighted by Crippen LogP contribution is 2.29. The van der Waals surface area contributed by atoms with Gasteiger partial charge in [-0.25, -0.2) is 8.42 Å². The number of ether oxygens (including phenoxy) is 1. The Labute approximate surface area is 115 Å². The number of carbonyl (C=O) groups excluding carboxylic acids is 1. The summed E-state index contributed by atoms with van der Waals surface area (Å²) in [7, 11) is -3.50. The van der Waals surface area contributed by atoms with Gasteiger partial charge in [-0.3, -0.25) is 4.79 Å². The van der Waals surface area contributed by atoms with E-state index in [9.17, 15) is 13.2 Å². The Balaban J connectivity index is 2.91. The zero-order valence-electron chi connectivity index (χ0n) is 11.6. The van der Waals surface area contributed by atoms with Crippen LogP contribution in [0.3, 0.4) is 0 Å². The molecule has 0 aromatic heterocycles. The molecule has 0 aromatic carbocycles. The lowest BCUT2D eigenvalue weighted by Gasteiger charge is -2.27. The number of hydrogen-bond acceptors (Lipinski definition) is 4. The van der Waals surface area contributed by atoms with Crippen LogP contribution in [-0.4, -0.2) is 31.5 Å². The molecule has 0 aromatic rings. The first-order chi connectivity index (χ1) is 8.91. The van der Waals surface area contributed by atoms with Crippen LogP contribution >= 0.6 is 0 Å². The highest BCUT2D eigenvalue weighted by molar-refractivity contribution is 7.93. The van der Waals surface area contributed by atoms with Crippen LogP contribution < -0.4 is 0 Å². The van der Waals surface area contributed by atoms with E-state index >= 15 is 0 Å². The molecule has 1 fully saturated rings. The Morgan fingerprint density at radius 3 is 2.37 bits per heavy atom. The summed E-state index contributed by atoms with van der Waals surface area (Å²) >= 11 is 0. The van der Waals surface area contributed by atoms with Crippen LogP contribution in [0, 0.1) is 18.3 Å². The molecule has 0 saturated heterocycles. The average molecular weight is 286 g/mol. The van der Waals surface area contributed by atoms with Gasteiger partial charge < -0.3 is 4.74 Å². The van der Waals surface area contributed by atoms with Gasteiger partial charge in [0.1, 0.15) is 0 Å². The summed E-state index contributed by atoms with van der Waals surface area (Å²) < 4.78 is 30.0. The van der Waals surface area contributed by atoms with E-state index < -0.39 is 26.3 Å². The number of rotatable bonds is 5. The van der Waals surface area contributed by atoms with Crippen molar-refractivity contribution in [3.8, 4) is 12.3 Å². The normalized spacial score (nSPS) is 18.8. The molecule has 1 aliphatic rings. The summed E-state index contributed by atoms with van der Waals surface area (Å²) in [6.07, 6.45) is 9.21. The number of terminal acetylenes is 1. The van der Waals surface area contributed by atoms with E-state index in [-0.39, 0.29) is 12.5 Å². The summed E-state index contributed by atoms with van der Waals surface area (Å²) in [6.45, 7) is 3.27. The second-order valence-electron chi connectivity index (χ2n) is 5.33. The van der Waals surface area contributed by atoms with Crippen molar-refractivity contribution in [2.24, 2.45) is 5.92 Å². The van der Waals surface area contributed by atoms with E-state index in [4.69, 9.17) is 11.2 Å². The SMILES string of the molecule is C#CCOC(=O)[C@@H](C(C)C)S(=O)(=O)C1CCCCC1. The highest BCUT2D eigenvalue weighted by Gasteiger charge is 2.42. The minimum Gasteiger partial charge on any atom is -0.452 e. The van der Waals surface area contributed by atoms with Gasteiger partial charge >= 0.3 is 5.97 Å². The third kappa shape index (κ3) is 3.97. The Hall–Kier alpha value is -1.02. The fraction of sp³-hybridized carbons (Fsp3) is 0.786. The quantitative estimate of drug-likeness (QED) is 0.572. The van der Waals surface area contributed by atoms with Crippen LogP contribution in [0.1, 0.15) is 46.0 Å². The second kappa shape index (κ2) is 6.95. The topological polar surface area (TPSA) is 60.4 Å². The van der Waals surface area contributed by atoms with Gasteiger partial charge in [0.25, 0.3) is 0 Å². The van der Waals surface area contributed by atoms with Gasteiger partial charge in [0.05, 0.1) is 5.25 Å². The Morgan fingerprint density at radius 2 is 1.89 bits per heavy atom. The smallest absolute Gasteiger partial charge is 0.325 e. The van der Waals surface area contributed by atoms with Crippen LogP contribution in [0.2, 0.25) is 0 Å². The Morgan fingerprint density at radius 1 is 1.32 bits per heavy atom. The van der Waals surface area contributed by atoms with E-state index in [0.717, 1.165) is 19.3 Å². The molecule has 0 amide bonds. The summed E-state index contributed by atoms with van der Waals surface area (Å²) in [5.74, 6) is 1.17. The summed E-state index contributed by atoms with van der Waals surface area (Å²) in [4.78, 5) is 11.9. The zero-order chi connectivity index (χ0) is 14.5. The van der Waals surface area contributed by atoms with E-state index in [0.29, 0.717) is 12.8 Å². The molecule has 0 aliphatic heterocycles. The van der Waals surface area contributed by atoms with E-state index in [2.05, 4.69) is 5.92 Å². The molecule has 1 atom stereocenters. The highest BCUT2D eigenvalue weighted by atomic mass is 32.2. The summed E-state index contributed by atoms with van der Waals surface area (Å²) in [5, 5.41) is -1.50. The van der Waals surface area contributed by atoms with Crippen LogP contribution in [0.5, 0.6) is 0 Å². The zero-order valence-corrected chi connectivity index (χ0v) is 12.4. The number of hydrogen-bond donors (Lipinski definition) is 0. The lowest BCUT2D eigenvalue weighted by Crippen LogP contribution is -2.42. The molecule has 0 radical (unpaired) electrons. The van der Waals surface area contributed by atoms with E-state index in [1.807, 2.05) is 0 Å². The van der Waals surface area contributed by atoms with Gasteiger partial charge in [0, 0.05) is 0 Å². The molecule has 0 bridgehead atoms. The lowest BCUT2D eigenvalue weighted by molar-refractivity contribution is -0.142. The lowest BCUT2D eigenvalue weighted by atomic mass is 10.0. The van der Waals surface area contributed by atoms with Crippen molar-refractivity contribution < 1.29 is 17.9 Å². The minimum atomic E-state index is -3.50. The molecule has 4 nitrogen and oxygen atoms in total. The molecular weight excluding hydrogens is 264 g/mol. The van der Waals surface area contributed by atoms with E-state index in [1.165, 1.54) is 0 Å². The van der Waals surface area contributed by atoms with Gasteiger partial charge in [-0.05, 0) is 18.8 Å². The van der Waals surface area contributed by atoms with Crippen molar-refractivity contribution in [3.63, 3.8) is 0 Å². The molecule has 19 heavy (non-hydrogen) atoms. The molecule has 1 rings (SSSR count). The first-order valence-electron chi connectivity index (χ1n) is 6.74. The summed E-state index contributed by atoms with van der Waals surface area (Å²) in [6, 6.07) is 0. The van der Waals surface area contributed by atoms with Gasteiger partial charge in [-0.15, -0.1) is 6.42 Å². The van der Waals surface area contributed by atoms with Crippen molar-refractivity contribution in [2.45, 2.75) is 56.5 Å². The van der Waals surface area contributed by atoms with Crippen molar-refractivity contribution in [1.82, 2.24) is 0 Å². The molecule has 5 heteroatoms. The van der Waals surface area contributed by atoms with Gasteiger partial charge in [-0.1, -0.05) is 39.0 Å². The minimum absolute atomic E-state index is 0.178. The third-order valence-electron chi connectivity index (χ3n) is 3.51. The van der Waals surface area contributed by atoms with Crippen LogP contribution in [0.15, 0.2) is 0 Å². The van der Waals surface area contributed by atoms with Crippen LogP contribution in [0.25, 0.3) is 0 Å². The molecule has 1 aliphatic carbocycles. The van der Waals surface area contributed by atoms with Crippen LogP contribution in [-0.2, 0) is 19.4 Å². The molecule has 0 spiro atoms. The molecule has 1 saturated carbocycles. The Kier molecular flexibility index (Phi) is 5.86. The molecule has 0 heterocycles. The molecule has 108 valence electrons. The van der Waals surface area contributed by atoms with Gasteiger partial charge in [0.15, 0.2) is 21.7 Å². The fourth-order valence-corrected chi connectivity index (χ4v) is 5.08. The molecule has 0 unspecified atom stereocenters. The molecule has 0 N–H and O–H groups in total. The Bertz CT molecular complexity index is 439. The largest absolute Gasteiger partial charge is 0.452 e. The van der Waals surface area contributed by atoms with E-state index in [1.54, 1.807) is 13.8 Å². The van der Waals surface area contributed by atoms with Crippen molar-refractivity contribution in [2.75, 3.05) is 6.61 Å². The van der Waals surface area contributed by atoms with Crippen molar-refractivity contribution >= 4 is 15.8 Å². The second-order valence-corrected chi connectivity index (χ2v) is 7.68. The predicted octanol–water partition coefficient (Wildman–Crippen LogP) is 1.93. The fourth-order valence-electron chi connectivity index (χ4n) is 2.58. The predicted molar refractivity (Wildman–Crippen MR) is 74.2 cm³/mol. The number of carbonyl (C=O) groups is 1. The van der Waals surface area contributed by atoms with Crippen LogP contribution in [0.4, 0.5) is 0 Å². The average Bonchev–Trinajstić information content (AvgIpc) is 2.36. The maximum absolute atomic E-state index is 12.6. The van der Waals surface area contributed by atoms with Crippen molar-refractivity contribution in [3.05, 3.63) is 0 Å². The molecular formula is C14H22O4S. The maximum Gasteiger partial charge on any atom is 0.325 e. The monoisotopic (exact) mass is 286 g/mol. The van der Waals surface area contributed by atoms with Gasteiger partial charge in [0.2, 0.25) is 0 Å². The van der Waals surface area contributed by atoms with Crippen molar-refractivity contribution in [1.29, 1.82) is 0 Å². The maximum atomic E-state index is 12.6. The summed E-state index contributed by atoms with van der Waals surface area (Å²) in [5.41, 5.74) is 0. The first kappa shape index (κ1) is 16.0.